The molecular weight excluding hydrogens is 337 g/mol. The minimum absolute atomic E-state index is 0.103. The minimum Gasteiger partial charge on any atom is -0.425 e. The maximum atomic E-state index is 12.9. The number of hydrogen-bond acceptors (Lipinski definition) is 5. The first-order valence-electron chi connectivity index (χ1n) is 7.89. The molecular formula is C15H19F3N6O. The predicted molar refractivity (Wildman–Crippen MR) is 87.1 cm³/mol. The third-order valence-electron chi connectivity index (χ3n) is 4.37. The van der Waals surface area contributed by atoms with Crippen LogP contribution in [-0.4, -0.2) is 57.5 Å². The Kier molecular flexibility index (Phi) is 4.46. The smallest absolute Gasteiger partial charge is 0.404 e. The third-order valence-corrected chi connectivity index (χ3v) is 4.37. The van der Waals surface area contributed by atoms with E-state index < -0.39 is 12.2 Å². The average Bonchev–Trinajstić information content (AvgIpc) is 3.12. The lowest BCUT2D eigenvalue weighted by molar-refractivity contribution is -0.175. The number of para-hydroxylation sites is 1. The van der Waals surface area contributed by atoms with Gasteiger partial charge in [0.1, 0.15) is 17.4 Å². The van der Waals surface area contributed by atoms with Crippen LogP contribution in [0, 0.1) is 5.41 Å². The second-order valence-electron chi connectivity index (χ2n) is 6.00. The summed E-state index contributed by atoms with van der Waals surface area (Å²) in [6, 6.07) is 3.49. The van der Waals surface area contributed by atoms with Crippen LogP contribution in [0.25, 0.3) is 11.0 Å². The second kappa shape index (κ2) is 6.43. The number of benzene rings is 1. The molecule has 0 radical (unpaired) electrons. The van der Waals surface area contributed by atoms with Gasteiger partial charge >= 0.3 is 6.18 Å². The van der Waals surface area contributed by atoms with Gasteiger partial charge < -0.3 is 16.3 Å². The minimum atomic E-state index is -4.23. The molecule has 5 N–H and O–H groups in total. The predicted octanol–water partition coefficient (Wildman–Crippen LogP) is 2.00. The van der Waals surface area contributed by atoms with Gasteiger partial charge in [0, 0.05) is 18.7 Å². The number of nitrogens with zero attached hydrogens (tertiary/aromatic N) is 3. The van der Waals surface area contributed by atoms with Gasteiger partial charge in [0.2, 0.25) is 5.95 Å². The number of nitrogen functional groups attached to an aromatic ring is 1. The summed E-state index contributed by atoms with van der Waals surface area (Å²) >= 11 is 0. The van der Waals surface area contributed by atoms with Crippen molar-refractivity contribution in [2.24, 2.45) is 5.73 Å². The third kappa shape index (κ3) is 3.34. The first-order chi connectivity index (χ1) is 11.8. The number of fused-ring (bicyclic) bond motifs is 1. The van der Waals surface area contributed by atoms with Gasteiger partial charge in [-0.05, 0) is 31.5 Å². The Morgan fingerprint density at radius 2 is 2.20 bits per heavy atom. The quantitative estimate of drug-likeness (QED) is 0.373. The highest BCUT2D eigenvalue weighted by molar-refractivity contribution is 6.06. The molecule has 1 saturated heterocycles. The average molecular weight is 356 g/mol. The van der Waals surface area contributed by atoms with Crippen LogP contribution in [0.3, 0.4) is 0 Å². The van der Waals surface area contributed by atoms with Gasteiger partial charge in [0.25, 0.3) is 0 Å². The Labute approximate surface area is 141 Å². The zero-order chi connectivity index (χ0) is 18.2. The number of alkyl halides is 3. The van der Waals surface area contributed by atoms with Gasteiger partial charge in [0.05, 0.1) is 5.52 Å². The lowest BCUT2D eigenvalue weighted by Crippen LogP contribution is -2.43. The maximum Gasteiger partial charge on any atom is 0.404 e. The largest absolute Gasteiger partial charge is 0.425 e. The van der Waals surface area contributed by atoms with Crippen molar-refractivity contribution in [2.45, 2.75) is 25.1 Å². The number of aromatic nitrogens is 2. The maximum absolute atomic E-state index is 12.9. The summed E-state index contributed by atoms with van der Waals surface area (Å²) < 4.78 is 39.6. The second-order valence-corrected chi connectivity index (χ2v) is 6.00. The van der Waals surface area contributed by atoms with Crippen LogP contribution in [-0.2, 0) is 0 Å². The zero-order valence-corrected chi connectivity index (χ0v) is 13.3. The van der Waals surface area contributed by atoms with Gasteiger partial charge in [-0.1, -0.05) is 6.07 Å². The van der Waals surface area contributed by atoms with E-state index in [4.69, 9.17) is 11.1 Å². The van der Waals surface area contributed by atoms with E-state index in [1.807, 2.05) is 0 Å². The Hall–Kier alpha value is -2.49. The van der Waals surface area contributed by atoms with E-state index >= 15 is 0 Å². The molecule has 1 fully saturated rings. The van der Waals surface area contributed by atoms with Crippen LogP contribution in [0.4, 0.5) is 19.1 Å². The van der Waals surface area contributed by atoms with Crippen LogP contribution >= 0.6 is 0 Å². The Balaban J connectivity index is 1.71. The van der Waals surface area contributed by atoms with Crippen molar-refractivity contribution in [1.29, 1.82) is 5.41 Å². The molecule has 1 aromatic heterocycles. The van der Waals surface area contributed by atoms with E-state index in [1.54, 1.807) is 18.2 Å². The SMILES string of the molecule is N=C(N)c1cccc2nc(NCCN3CCCC3C(F)(F)F)n(O)c12. The molecule has 2 aromatic rings. The van der Waals surface area contributed by atoms with E-state index in [2.05, 4.69) is 10.3 Å². The van der Waals surface area contributed by atoms with Gasteiger partial charge in [-0.25, -0.2) is 4.98 Å². The fourth-order valence-corrected chi connectivity index (χ4v) is 3.22. The van der Waals surface area contributed by atoms with Crippen LogP contribution in [0.2, 0.25) is 0 Å². The summed E-state index contributed by atoms with van der Waals surface area (Å²) in [6.07, 6.45) is -3.59. The molecule has 0 saturated carbocycles. The van der Waals surface area contributed by atoms with E-state index in [-0.39, 0.29) is 36.8 Å². The number of rotatable bonds is 5. The fourth-order valence-electron chi connectivity index (χ4n) is 3.22. The van der Waals surface area contributed by atoms with Crippen molar-refractivity contribution in [3.05, 3.63) is 23.8 Å². The summed E-state index contributed by atoms with van der Waals surface area (Å²) in [5, 5.41) is 20.6. The van der Waals surface area contributed by atoms with E-state index in [0.29, 0.717) is 24.0 Å². The highest BCUT2D eigenvalue weighted by atomic mass is 19.4. The molecule has 0 spiro atoms. The molecule has 0 aliphatic carbocycles. The first kappa shape index (κ1) is 17.3. The van der Waals surface area contributed by atoms with Crippen molar-refractivity contribution >= 4 is 22.8 Å². The van der Waals surface area contributed by atoms with E-state index in [0.717, 1.165) is 4.73 Å². The number of nitrogens with one attached hydrogen (secondary N) is 2. The topological polar surface area (TPSA) is 103 Å². The van der Waals surface area contributed by atoms with Crippen molar-refractivity contribution in [3.8, 4) is 0 Å². The lowest BCUT2D eigenvalue weighted by Gasteiger charge is -2.26. The molecule has 1 aliphatic heterocycles. The summed E-state index contributed by atoms with van der Waals surface area (Å²) in [4.78, 5) is 5.58. The van der Waals surface area contributed by atoms with Crippen molar-refractivity contribution in [2.75, 3.05) is 25.0 Å². The van der Waals surface area contributed by atoms with Crippen molar-refractivity contribution in [1.82, 2.24) is 14.6 Å². The number of likely N-dealkylation sites (tertiary alicyclic amines) is 1. The summed E-state index contributed by atoms with van der Waals surface area (Å²) in [7, 11) is 0. The fraction of sp³-hybridized carbons (Fsp3) is 0.467. The highest BCUT2D eigenvalue weighted by Crippen LogP contribution is 2.32. The molecule has 3 rings (SSSR count). The Morgan fingerprint density at radius 3 is 2.88 bits per heavy atom. The number of halogens is 3. The number of anilines is 1. The molecule has 0 bridgehead atoms. The molecule has 0 amide bonds. The Morgan fingerprint density at radius 1 is 1.44 bits per heavy atom. The van der Waals surface area contributed by atoms with Crippen LogP contribution in [0.15, 0.2) is 18.2 Å². The molecule has 1 unspecified atom stereocenters. The summed E-state index contributed by atoms with van der Waals surface area (Å²) in [5.74, 6) is -0.108. The van der Waals surface area contributed by atoms with Gasteiger partial charge in [-0.2, -0.15) is 13.2 Å². The molecule has 10 heteroatoms. The number of imidazole rings is 1. The molecule has 1 atom stereocenters. The number of hydrogen-bond donors (Lipinski definition) is 4. The first-order valence-corrected chi connectivity index (χ1v) is 7.89. The monoisotopic (exact) mass is 356 g/mol. The van der Waals surface area contributed by atoms with E-state index in [9.17, 15) is 18.4 Å². The zero-order valence-electron chi connectivity index (χ0n) is 13.3. The molecule has 1 aliphatic rings. The van der Waals surface area contributed by atoms with Crippen LogP contribution in [0.1, 0.15) is 18.4 Å². The van der Waals surface area contributed by atoms with Gasteiger partial charge in [-0.15, -0.1) is 4.73 Å². The molecule has 7 nitrogen and oxygen atoms in total. The molecule has 1 aromatic carbocycles. The van der Waals surface area contributed by atoms with Crippen molar-refractivity contribution < 1.29 is 18.4 Å². The summed E-state index contributed by atoms with van der Waals surface area (Å²) in [6.45, 7) is 0.786. The van der Waals surface area contributed by atoms with Gasteiger partial charge in [-0.3, -0.25) is 10.3 Å². The van der Waals surface area contributed by atoms with E-state index in [1.165, 1.54) is 4.90 Å². The van der Waals surface area contributed by atoms with Crippen LogP contribution in [0.5, 0.6) is 0 Å². The van der Waals surface area contributed by atoms with Crippen LogP contribution < -0.4 is 11.1 Å². The Bertz CT molecular complexity index is 787. The summed E-state index contributed by atoms with van der Waals surface area (Å²) in [5.41, 5.74) is 6.55. The molecule has 136 valence electrons. The normalized spacial score (nSPS) is 18.8. The number of amidine groups is 1. The standard InChI is InChI=1S/C15H19F3N6O/c16-15(17,18)11-5-2-7-23(11)8-6-21-14-22-10-4-1-3-9(13(19)20)12(10)24(14)25/h1,3-4,11,25H,2,5-8H2,(H3,19,20)(H,21,22). The van der Waals surface area contributed by atoms with Crippen molar-refractivity contribution in [3.63, 3.8) is 0 Å². The number of nitrogens with two attached hydrogens (primary N) is 1. The molecule has 25 heavy (non-hydrogen) atoms. The van der Waals surface area contributed by atoms with Gasteiger partial charge in [0.15, 0.2) is 0 Å². The molecule has 2 heterocycles. The highest BCUT2D eigenvalue weighted by Gasteiger charge is 2.45. The lowest BCUT2D eigenvalue weighted by atomic mass is 10.2.